The van der Waals surface area contributed by atoms with Gasteiger partial charge in [-0.3, -0.25) is 9.36 Å². The topological polar surface area (TPSA) is 88.4 Å². The first kappa shape index (κ1) is 33.9. The molecule has 2 heterocycles. The number of ether oxygens (including phenoxy) is 4. The highest BCUT2D eigenvalue weighted by atomic mass is 127. The predicted octanol–water partition coefficient (Wildman–Crippen LogP) is 6.68. The molecule has 0 spiro atoms. The van der Waals surface area contributed by atoms with E-state index in [1.54, 1.807) is 51.3 Å². The molecule has 8 nitrogen and oxygen atoms in total. The van der Waals surface area contributed by atoms with Gasteiger partial charge in [0.05, 0.1) is 49.7 Å². The Bertz CT molecular complexity index is 1980. The van der Waals surface area contributed by atoms with Crippen molar-refractivity contribution in [1.82, 2.24) is 4.57 Å². The van der Waals surface area contributed by atoms with Crippen LogP contribution in [0.3, 0.4) is 0 Å². The summed E-state index contributed by atoms with van der Waals surface area (Å²) in [4.78, 5) is 32.5. The average Bonchev–Trinajstić information content (AvgIpc) is 3.30. The highest BCUT2D eigenvalue weighted by molar-refractivity contribution is 14.1. The molecule has 0 amide bonds. The van der Waals surface area contributed by atoms with E-state index in [1.807, 2.05) is 32.0 Å². The number of benzene rings is 3. The Balaban J connectivity index is 1.57. The van der Waals surface area contributed by atoms with Gasteiger partial charge in [-0.15, -0.1) is 0 Å². The number of hydrogen-bond donors (Lipinski definition) is 0. The van der Waals surface area contributed by atoms with E-state index in [9.17, 15) is 14.0 Å². The van der Waals surface area contributed by atoms with Gasteiger partial charge < -0.3 is 18.9 Å². The molecule has 1 aliphatic heterocycles. The van der Waals surface area contributed by atoms with Crippen LogP contribution in [0, 0.1) is 9.39 Å². The molecule has 1 atom stereocenters. The number of carbonyl (C=O) groups is 1. The lowest BCUT2D eigenvalue weighted by atomic mass is 9.95. The van der Waals surface area contributed by atoms with Crippen molar-refractivity contribution >= 4 is 61.9 Å². The third kappa shape index (κ3) is 7.23. The number of carbonyl (C=O) groups excluding carboxylic acids is 1. The summed E-state index contributed by atoms with van der Waals surface area (Å²) in [5.41, 5.74) is 2.70. The summed E-state index contributed by atoms with van der Waals surface area (Å²) in [5.74, 6) is 0.822. The number of esters is 1. The van der Waals surface area contributed by atoms with Gasteiger partial charge in [0.15, 0.2) is 16.3 Å². The summed E-state index contributed by atoms with van der Waals surface area (Å²) in [6, 6.07) is 14.5. The number of hydrogen-bond acceptors (Lipinski definition) is 8. The lowest BCUT2D eigenvalue weighted by Crippen LogP contribution is -2.40. The Morgan fingerprint density at radius 2 is 1.89 bits per heavy atom. The third-order valence-corrected chi connectivity index (χ3v) is 9.37. The maximum absolute atomic E-state index is 14.1. The fraction of sp³-hybridized carbons (Fsp3) is 0.265. The van der Waals surface area contributed by atoms with Gasteiger partial charge in [0, 0.05) is 0 Å². The molecule has 0 bridgehead atoms. The normalized spacial score (nSPS) is 14.6. The molecule has 1 aliphatic rings. The van der Waals surface area contributed by atoms with E-state index in [0.29, 0.717) is 42.3 Å². The van der Waals surface area contributed by atoms with E-state index in [-0.39, 0.29) is 36.3 Å². The summed E-state index contributed by atoms with van der Waals surface area (Å²) in [5, 5.41) is 0. The Morgan fingerprint density at radius 1 is 1.15 bits per heavy atom. The fourth-order valence-corrected chi connectivity index (χ4v) is 7.82. The number of nitrogens with zero attached hydrogens (tertiary/aromatic N) is 2. The monoisotopic (exact) mass is 820 g/mol. The van der Waals surface area contributed by atoms with Crippen molar-refractivity contribution in [3.05, 3.63) is 116 Å². The van der Waals surface area contributed by atoms with E-state index in [1.165, 1.54) is 28.0 Å². The van der Waals surface area contributed by atoms with Crippen LogP contribution in [-0.4, -0.2) is 30.4 Å². The lowest BCUT2D eigenvalue weighted by molar-refractivity contribution is -0.139. The van der Waals surface area contributed by atoms with Gasteiger partial charge in [0.1, 0.15) is 18.2 Å². The maximum atomic E-state index is 14.1. The van der Waals surface area contributed by atoms with Gasteiger partial charge in [-0.25, -0.2) is 14.2 Å². The maximum Gasteiger partial charge on any atom is 0.338 e. The van der Waals surface area contributed by atoms with E-state index in [2.05, 4.69) is 43.5 Å². The minimum absolute atomic E-state index is 0.0758. The second-order valence-electron chi connectivity index (χ2n) is 10.6. The molecular weight excluding hydrogens is 790 g/mol. The number of halogens is 3. The van der Waals surface area contributed by atoms with Crippen molar-refractivity contribution in [2.45, 2.75) is 46.4 Å². The molecule has 12 heteroatoms. The average molecular weight is 822 g/mol. The van der Waals surface area contributed by atoms with E-state index in [0.717, 1.165) is 14.7 Å². The number of thiazole rings is 1. The quantitative estimate of drug-likeness (QED) is 0.131. The largest absolute Gasteiger partial charge is 0.493 e. The molecule has 0 N–H and O–H groups in total. The highest BCUT2D eigenvalue weighted by Crippen LogP contribution is 2.37. The van der Waals surface area contributed by atoms with Crippen LogP contribution in [0.15, 0.2) is 80.1 Å². The SMILES string of the molecule is CCOC(=O)C1=C(C)N=c2s/c(=C\c3cc(Br)c(OCc4ccc(F)cc4)c(I)c3)c(=O)n2[C@H]1c1ccc(OC(C)C)c(OC)c1. The summed E-state index contributed by atoms with van der Waals surface area (Å²) in [7, 11) is 1.55. The second kappa shape index (κ2) is 14.5. The Kier molecular flexibility index (Phi) is 10.7. The van der Waals surface area contributed by atoms with Gasteiger partial charge >= 0.3 is 5.97 Å². The van der Waals surface area contributed by atoms with Crippen LogP contribution < -0.4 is 29.1 Å². The second-order valence-corrected chi connectivity index (χ2v) is 13.6. The van der Waals surface area contributed by atoms with E-state index >= 15 is 0 Å². The molecule has 1 aromatic heterocycles. The predicted molar refractivity (Wildman–Crippen MR) is 187 cm³/mol. The minimum Gasteiger partial charge on any atom is -0.493 e. The minimum atomic E-state index is -0.798. The van der Waals surface area contributed by atoms with Crippen molar-refractivity contribution in [2.24, 2.45) is 4.99 Å². The molecular formula is C34H31BrFIN2O6S. The van der Waals surface area contributed by atoms with Crippen LogP contribution in [-0.2, 0) is 16.1 Å². The first-order chi connectivity index (χ1) is 22.0. The molecule has 5 rings (SSSR count). The van der Waals surface area contributed by atoms with Gasteiger partial charge in [-0.2, -0.15) is 0 Å². The van der Waals surface area contributed by atoms with Crippen molar-refractivity contribution in [1.29, 1.82) is 0 Å². The molecule has 0 radical (unpaired) electrons. The summed E-state index contributed by atoms with van der Waals surface area (Å²) < 4.78 is 39.8. The van der Waals surface area contributed by atoms with Crippen molar-refractivity contribution in [2.75, 3.05) is 13.7 Å². The standard InChI is InChI=1S/C34H31BrFIN2O6S/c1-6-43-33(41)29-19(4)38-34-39(30(29)22-9-12-26(45-18(2)3)27(16-22)42-5)32(40)28(46-34)15-21-13-24(35)31(25(37)14-21)44-17-20-7-10-23(36)11-8-20/h7-16,18,30H,6,17H2,1-5H3/b28-15-/t30-/m0/s1. The van der Waals surface area contributed by atoms with Crippen LogP contribution in [0.4, 0.5) is 4.39 Å². The Hall–Kier alpha value is -3.49. The van der Waals surface area contributed by atoms with Crippen molar-refractivity contribution in [3.63, 3.8) is 0 Å². The Labute approximate surface area is 291 Å². The number of allylic oxidation sites excluding steroid dienone is 1. The number of rotatable bonds is 10. The van der Waals surface area contributed by atoms with Gasteiger partial charge in [-0.1, -0.05) is 29.5 Å². The lowest BCUT2D eigenvalue weighted by Gasteiger charge is -2.25. The van der Waals surface area contributed by atoms with Crippen LogP contribution in [0.5, 0.6) is 17.2 Å². The Morgan fingerprint density at radius 3 is 2.54 bits per heavy atom. The molecule has 0 saturated carbocycles. The summed E-state index contributed by atoms with van der Waals surface area (Å²) >= 11 is 7.02. The zero-order valence-electron chi connectivity index (χ0n) is 25.7. The molecule has 0 aliphatic carbocycles. The summed E-state index contributed by atoms with van der Waals surface area (Å²) in [6.45, 7) is 7.76. The molecule has 46 heavy (non-hydrogen) atoms. The van der Waals surface area contributed by atoms with Crippen LogP contribution >= 0.6 is 49.9 Å². The van der Waals surface area contributed by atoms with Gasteiger partial charge in [0.25, 0.3) is 5.56 Å². The van der Waals surface area contributed by atoms with Crippen molar-refractivity contribution in [3.8, 4) is 17.2 Å². The molecule has 0 fully saturated rings. The smallest absolute Gasteiger partial charge is 0.338 e. The van der Waals surface area contributed by atoms with Crippen molar-refractivity contribution < 1.29 is 28.1 Å². The molecule has 240 valence electrons. The number of fused-ring (bicyclic) bond motifs is 1. The summed E-state index contributed by atoms with van der Waals surface area (Å²) in [6.07, 6.45) is 1.72. The zero-order valence-corrected chi connectivity index (χ0v) is 30.3. The van der Waals surface area contributed by atoms with E-state index < -0.39 is 12.0 Å². The fourth-order valence-electron chi connectivity index (χ4n) is 5.00. The van der Waals surface area contributed by atoms with Gasteiger partial charge in [-0.05, 0) is 125 Å². The molecule has 4 aromatic rings. The van der Waals surface area contributed by atoms with Crippen LogP contribution in [0.2, 0.25) is 0 Å². The molecule has 0 saturated heterocycles. The third-order valence-electron chi connectivity index (χ3n) is 7.00. The van der Waals surface area contributed by atoms with Gasteiger partial charge in [0.2, 0.25) is 0 Å². The van der Waals surface area contributed by atoms with Crippen LogP contribution in [0.1, 0.15) is 50.4 Å². The first-order valence-electron chi connectivity index (χ1n) is 14.4. The van der Waals surface area contributed by atoms with Crippen LogP contribution in [0.25, 0.3) is 6.08 Å². The first-order valence-corrected chi connectivity index (χ1v) is 17.1. The number of methoxy groups -OCH3 is 1. The number of aromatic nitrogens is 1. The molecule has 0 unspecified atom stereocenters. The molecule has 3 aromatic carbocycles. The zero-order chi connectivity index (χ0) is 33.1. The highest BCUT2D eigenvalue weighted by Gasteiger charge is 2.34. The van der Waals surface area contributed by atoms with E-state index in [4.69, 9.17) is 18.9 Å².